The number of carbonyl (C=O) groups excluding carboxylic acids is 3. The van der Waals surface area contributed by atoms with Gasteiger partial charge in [0.15, 0.2) is 0 Å². The van der Waals surface area contributed by atoms with Crippen molar-refractivity contribution in [2.75, 3.05) is 74.8 Å². The predicted octanol–water partition coefficient (Wildman–Crippen LogP) is 0.643. The molecule has 2 aliphatic heterocycles. The zero-order valence-electron chi connectivity index (χ0n) is 19.5. The highest BCUT2D eigenvalue weighted by Crippen LogP contribution is 2.28. The van der Waals surface area contributed by atoms with Crippen molar-refractivity contribution in [3.63, 3.8) is 0 Å². The van der Waals surface area contributed by atoms with E-state index in [-0.39, 0.29) is 31.5 Å². The number of nitrogens with one attached hydrogen (secondary N) is 1. The fourth-order valence-corrected chi connectivity index (χ4v) is 4.38. The minimum absolute atomic E-state index is 0.0322. The lowest BCUT2D eigenvalue weighted by atomic mass is 10.2. The quantitative estimate of drug-likeness (QED) is 0.484. The number of cyclic esters (lactones) is 1. The second-order valence-corrected chi connectivity index (χ2v) is 9.17. The third-order valence-corrected chi connectivity index (χ3v) is 6.48. The predicted molar refractivity (Wildman–Crippen MR) is 129 cm³/mol. The van der Waals surface area contributed by atoms with Gasteiger partial charge in [-0.2, -0.15) is 11.8 Å². The Balaban J connectivity index is 1.54. The highest BCUT2D eigenvalue weighted by Gasteiger charge is 2.33. The van der Waals surface area contributed by atoms with Crippen LogP contribution < -0.4 is 20.9 Å². The third kappa shape index (κ3) is 6.51. The standard InChI is InChI=1S/C22H32FN5O5S/c1-32-14-20(29)27-8-6-26(7-9-27)19-4-3-15(11-17(19)23)28-13-16(33-22(28)31)12-25-21(30)18(24)5-10-34-2/h3-4,11,16,18H,5-10,12-14,24H2,1-2H3,(H,25,30). The Bertz CT molecular complexity index is 883. The van der Waals surface area contributed by atoms with Crippen LogP contribution in [0.2, 0.25) is 0 Å². The summed E-state index contributed by atoms with van der Waals surface area (Å²) in [6, 6.07) is 3.99. The minimum atomic E-state index is -0.609. The first-order chi connectivity index (χ1) is 16.3. The molecule has 2 unspecified atom stereocenters. The Morgan fingerprint density at radius 1 is 1.32 bits per heavy atom. The lowest BCUT2D eigenvalue weighted by molar-refractivity contribution is -0.135. The van der Waals surface area contributed by atoms with Gasteiger partial charge in [-0.05, 0) is 36.6 Å². The van der Waals surface area contributed by atoms with Crippen LogP contribution in [0.15, 0.2) is 18.2 Å². The van der Waals surface area contributed by atoms with E-state index >= 15 is 0 Å². The van der Waals surface area contributed by atoms with E-state index in [0.29, 0.717) is 44.0 Å². The van der Waals surface area contributed by atoms with Crippen molar-refractivity contribution >= 4 is 41.0 Å². The van der Waals surface area contributed by atoms with Crippen LogP contribution in [0, 0.1) is 5.82 Å². The molecule has 2 aliphatic rings. The van der Waals surface area contributed by atoms with E-state index in [9.17, 15) is 18.8 Å². The molecule has 2 fully saturated rings. The third-order valence-electron chi connectivity index (χ3n) is 5.83. The van der Waals surface area contributed by atoms with Crippen LogP contribution in [0.5, 0.6) is 0 Å². The van der Waals surface area contributed by atoms with E-state index in [1.54, 1.807) is 28.8 Å². The number of ether oxygens (including phenoxy) is 2. The van der Waals surface area contributed by atoms with E-state index in [4.69, 9.17) is 15.2 Å². The number of thioether (sulfide) groups is 1. The molecule has 0 radical (unpaired) electrons. The molecule has 1 aromatic carbocycles. The Morgan fingerprint density at radius 2 is 2.06 bits per heavy atom. The van der Waals surface area contributed by atoms with Crippen LogP contribution in [-0.2, 0) is 19.1 Å². The topological polar surface area (TPSA) is 117 Å². The lowest BCUT2D eigenvalue weighted by Gasteiger charge is -2.36. The molecule has 188 valence electrons. The lowest BCUT2D eigenvalue weighted by Crippen LogP contribution is -2.50. The zero-order valence-corrected chi connectivity index (χ0v) is 20.3. The van der Waals surface area contributed by atoms with E-state index in [1.165, 1.54) is 18.1 Å². The molecule has 3 amide bonds. The van der Waals surface area contributed by atoms with Gasteiger partial charge in [0, 0.05) is 33.3 Å². The summed E-state index contributed by atoms with van der Waals surface area (Å²) in [7, 11) is 1.48. The van der Waals surface area contributed by atoms with Gasteiger partial charge in [-0.15, -0.1) is 0 Å². The van der Waals surface area contributed by atoms with E-state index < -0.39 is 24.1 Å². The highest BCUT2D eigenvalue weighted by atomic mass is 32.2. The molecule has 3 rings (SSSR count). The summed E-state index contributed by atoms with van der Waals surface area (Å²) in [6.07, 6.45) is 1.36. The number of halogens is 1. The molecule has 0 aliphatic carbocycles. The second kappa shape index (κ2) is 12.2. The molecular weight excluding hydrogens is 465 g/mol. The van der Waals surface area contributed by atoms with Gasteiger partial charge in [0.2, 0.25) is 11.8 Å². The maximum atomic E-state index is 14.9. The molecule has 0 saturated carbocycles. The molecule has 2 atom stereocenters. The summed E-state index contributed by atoms with van der Waals surface area (Å²) < 4.78 is 25.1. The molecule has 3 N–H and O–H groups in total. The SMILES string of the molecule is COCC(=O)N1CCN(c2ccc(N3CC(CNC(=O)C(N)CCSC)OC3=O)cc2F)CC1. The van der Waals surface area contributed by atoms with Crippen LogP contribution in [0.4, 0.5) is 20.6 Å². The Hall–Kier alpha value is -2.57. The number of benzene rings is 1. The van der Waals surface area contributed by atoms with Crippen molar-refractivity contribution in [1.82, 2.24) is 10.2 Å². The van der Waals surface area contributed by atoms with Crippen molar-refractivity contribution in [1.29, 1.82) is 0 Å². The number of hydrogen-bond acceptors (Lipinski definition) is 8. The Morgan fingerprint density at radius 3 is 2.71 bits per heavy atom. The van der Waals surface area contributed by atoms with Crippen molar-refractivity contribution in [3.05, 3.63) is 24.0 Å². The van der Waals surface area contributed by atoms with Gasteiger partial charge in [0.05, 0.1) is 30.5 Å². The Labute approximate surface area is 202 Å². The van der Waals surface area contributed by atoms with Gasteiger partial charge in [0.25, 0.3) is 0 Å². The molecule has 34 heavy (non-hydrogen) atoms. The zero-order chi connectivity index (χ0) is 24.7. The van der Waals surface area contributed by atoms with Crippen molar-refractivity contribution in [2.45, 2.75) is 18.6 Å². The first-order valence-corrected chi connectivity index (χ1v) is 12.5. The summed E-state index contributed by atoms with van der Waals surface area (Å²) >= 11 is 1.61. The van der Waals surface area contributed by atoms with Crippen molar-refractivity contribution < 1.29 is 28.2 Å². The number of nitrogens with two attached hydrogens (primary N) is 1. The van der Waals surface area contributed by atoms with Gasteiger partial charge >= 0.3 is 6.09 Å². The summed E-state index contributed by atoms with van der Waals surface area (Å²) in [5, 5.41) is 2.72. The van der Waals surface area contributed by atoms with Crippen LogP contribution in [0.3, 0.4) is 0 Å². The van der Waals surface area contributed by atoms with Crippen LogP contribution in [-0.4, -0.2) is 99.9 Å². The summed E-state index contributed by atoms with van der Waals surface area (Å²) in [4.78, 5) is 41.3. The van der Waals surface area contributed by atoms with Gasteiger partial charge in [0.1, 0.15) is 18.5 Å². The average Bonchev–Trinajstić information content (AvgIpc) is 3.21. The van der Waals surface area contributed by atoms with Gasteiger partial charge < -0.3 is 30.3 Å². The van der Waals surface area contributed by atoms with Crippen molar-refractivity contribution in [2.24, 2.45) is 5.73 Å². The molecule has 0 aromatic heterocycles. The number of nitrogens with zero attached hydrogens (tertiary/aromatic N) is 3. The number of methoxy groups -OCH3 is 1. The summed E-state index contributed by atoms with van der Waals surface area (Å²) in [5.41, 5.74) is 6.64. The van der Waals surface area contributed by atoms with E-state index in [2.05, 4.69) is 5.32 Å². The van der Waals surface area contributed by atoms with Crippen LogP contribution in [0.25, 0.3) is 0 Å². The van der Waals surface area contributed by atoms with Crippen LogP contribution in [0.1, 0.15) is 6.42 Å². The monoisotopic (exact) mass is 497 g/mol. The fraction of sp³-hybridized carbons (Fsp3) is 0.591. The normalized spacial score (nSPS) is 19.2. The van der Waals surface area contributed by atoms with Gasteiger partial charge in [-0.1, -0.05) is 0 Å². The average molecular weight is 498 g/mol. The number of hydrogen-bond donors (Lipinski definition) is 2. The molecule has 0 spiro atoms. The van der Waals surface area contributed by atoms with Gasteiger partial charge in [-0.25, -0.2) is 9.18 Å². The molecule has 10 nitrogen and oxygen atoms in total. The first-order valence-electron chi connectivity index (χ1n) is 11.2. The van der Waals surface area contributed by atoms with Gasteiger partial charge in [-0.3, -0.25) is 14.5 Å². The smallest absolute Gasteiger partial charge is 0.414 e. The highest BCUT2D eigenvalue weighted by molar-refractivity contribution is 7.98. The molecule has 0 bridgehead atoms. The minimum Gasteiger partial charge on any atom is -0.442 e. The fourth-order valence-electron chi connectivity index (χ4n) is 3.89. The molecular formula is C22H32FN5O5S. The molecule has 12 heteroatoms. The number of carbonyl (C=O) groups is 3. The molecule has 1 aromatic rings. The molecule has 2 saturated heterocycles. The van der Waals surface area contributed by atoms with Crippen LogP contribution >= 0.6 is 11.8 Å². The van der Waals surface area contributed by atoms with Crippen molar-refractivity contribution in [3.8, 4) is 0 Å². The summed E-state index contributed by atoms with van der Waals surface area (Å²) in [5.74, 6) is -0.0519. The Kier molecular flexibility index (Phi) is 9.36. The maximum absolute atomic E-state index is 14.9. The van der Waals surface area contributed by atoms with E-state index in [0.717, 1.165) is 5.75 Å². The first kappa shape index (κ1) is 26.0. The number of piperazine rings is 1. The largest absolute Gasteiger partial charge is 0.442 e. The van der Waals surface area contributed by atoms with E-state index in [1.807, 2.05) is 11.2 Å². The maximum Gasteiger partial charge on any atom is 0.414 e. The molecule has 2 heterocycles. The summed E-state index contributed by atoms with van der Waals surface area (Å²) in [6.45, 7) is 2.33. The number of rotatable bonds is 10. The number of amides is 3. The number of anilines is 2. The second-order valence-electron chi connectivity index (χ2n) is 8.19.